The predicted molar refractivity (Wildman–Crippen MR) is 68.0 cm³/mol. The second-order valence-electron chi connectivity index (χ2n) is 3.91. The molecule has 0 spiro atoms. The van der Waals surface area contributed by atoms with Crippen molar-refractivity contribution in [2.24, 2.45) is 7.05 Å². The molecule has 0 amide bonds. The van der Waals surface area contributed by atoms with Crippen molar-refractivity contribution in [3.05, 3.63) is 48.3 Å². The molecular formula is C13H15N3O2. The summed E-state index contributed by atoms with van der Waals surface area (Å²) < 4.78 is 6.46. The Morgan fingerprint density at radius 2 is 2.11 bits per heavy atom. The molecule has 2 aromatic rings. The number of methoxy groups -OCH3 is 1. The zero-order valence-corrected chi connectivity index (χ0v) is 10.3. The quantitative estimate of drug-likeness (QED) is 0.834. The molecule has 1 unspecified atom stereocenters. The molecule has 0 fully saturated rings. The van der Waals surface area contributed by atoms with Crippen molar-refractivity contribution in [2.45, 2.75) is 6.04 Å². The van der Waals surface area contributed by atoms with Crippen LogP contribution in [0.4, 0.5) is 5.69 Å². The second-order valence-corrected chi connectivity index (χ2v) is 3.91. The Kier molecular flexibility index (Phi) is 3.62. The third kappa shape index (κ3) is 2.68. The van der Waals surface area contributed by atoms with Gasteiger partial charge in [-0.2, -0.15) is 5.10 Å². The fourth-order valence-electron chi connectivity index (χ4n) is 1.69. The van der Waals surface area contributed by atoms with Gasteiger partial charge in [0.1, 0.15) is 0 Å². The van der Waals surface area contributed by atoms with E-state index >= 15 is 0 Å². The predicted octanol–water partition coefficient (Wildman–Crippen LogP) is 1.75. The average Bonchev–Trinajstić information content (AvgIpc) is 2.83. The Bertz CT molecular complexity index is 522. The minimum absolute atomic E-state index is 0.341. The lowest BCUT2D eigenvalue weighted by atomic mass is 10.1. The van der Waals surface area contributed by atoms with Gasteiger partial charge in [-0.25, -0.2) is 4.79 Å². The average molecular weight is 245 g/mol. The van der Waals surface area contributed by atoms with Crippen molar-refractivity contribution < 1.29 is 9.53 Å². The summed E-state index contributed by atoms with van der Waals surface area (Å²) >= 11 is 0. The van der Waals surface area contributed by atoms with Gasteiger partial charge in [-0.3, -0.25) is 4.68 Å². The van der Waals surface area contributed by atoms with Gasteiger partial charge < -0.3 is 10.1 Å². The number of benzene rings is 1. The van der Waals surface area contributed by atoms with Crippen molar-refractivity contribution in [1.29, 1.82) is 0 Å². The molecule has 1 aromatic carbocycles. The van der Waals surface area contributed by atoms with Gasteiger partial charge >= 0.3 is 5.97 Å². The van der Waals surface area contributed by atoms with Crippen molar-refractivity contribution in [3.63, 3.8) is 0 Å². The lowest BCUT2D eigenvalue weighted by molar-refractivity contribution is -0.141. The summed E-state index contributed by atoms with van der Waals surface area (Å²) in [7, 11) is 3.18. The van der Waals surface area contributed by atoms with Crippen molar-refractivity contribution >= 4 is 11.7 Å². The van der Waals surface area contributed by atoms with Gasteiger partial charge in [-0.05, 0) is 12.1 Å². The standard InChI is InChI=1S/C13H15N3O2/c1-16-9-10(8-14-16)12(13(17)18-2)15-11-6-4-3-5-7-11/h3-9,12,15H,1-2H3. The Morgan fingerprint density at radius 3 is 2.67 bits per heavy atom. The number of carbonyl (C=O) groups is 1. The largest absolute Gasteiger partial charge is 0.467 e. The van der Waals surface area contributed by atoms with Crippen LogP contribution in [0.2, 0.25) is 0 Å². The number of hydrogen-bond acceptors (Lipinski definition) is 4. The molecule has 0 aliphatic rings. The van der Waals surface area contributed by atoms with E-state index in [0.29, 0.717) is 0 Å². The van der Waals surface area contributed by atoms with Gasteiger partial charge in [0.05, 0.1) is 13.3 Å². The van der Waals surface area contributed by atoms with Crippen LogP contribution in [-0.4, -0.2) is 22.9 Å². The molecule has 1 atom stereocenters. The number of para-hydroxylation sites is 1. The SMILES string of the molecule is COC(=O)C(Nc1ccccc1)c1cnn(C)c1. The van der Waals surface area contributed by atoms with Gasteiger partial charge in [0, 0.05) is 24.5 Å². The van der Waals surface area contributed by atoms with Crippen molar-refractivity contribution in [2.75, 3.05) is 12.4 Å². The number of hydrogen-bond donors (Lipinski definition) is 1. The Hall–Kier alpha value is -2.30. The molecule has 0 radical (unpaired) electrons. The fourth-order valence-corrected chi connectivity index (χ4v) is 1.69. The lowest BCUT2D eigenvalue weighted by Gasteiger charge is -2.16. The zero-order chi connectivity index (χ0) is 13.0. The first-order valence-corrected chi connectivity index (χ1v) is 5.58. The molecule has 2 rings (SSSR count). The highest BCUT2D eigenvalue weighted by Crippen LogP contribution is 2.20. The molecule has 0 aliphatic carbocycles. The summed E-state index contributed by atoms with van der Waals surface area (Å²) in [6.45, 7) is 0. The van der Waals surface area contributed by atoms with E-state index in [1.54, 1.807) is 24.1 Å². The molecule has 0 saturated heterocycles. The van der Waals surface area contributed by atoms with Crippen LogP contribution >= 0.6 is 0 Å². The van der Waals surface area contributed by atoms with Gasteiger partial charge in [-0.1, -0.05) is 18.2 Å². The third-order valence-electron chi connectivity index (χ3n) is 2.58. The number of aromatic nitrogens is 2. The van der Waals surface area contributed by atoms with Crippen LogP contribution in [0.5, 0.6) is 0 Å². The Labute approximate surface area is 105 Å². The van der Waals surface area contributed by atoms with E-state index in [4.69, 9.17) is 4.74 Å². The molecule has 1 heterocycles. The number of anilines is 1. The van der Waals surface area contributed by atoms with Crippen molar-refractivity contribution in [3.8, 4) is 0 Å². The first-order valence-electron chi connectivity index (χ1n) is 5.58. The van der Waals surface area contributed by atoms with E-state index in [1.807, 2.05) is 30.3 Å². The number of nitrogens with one attached hydrogen (secondary N) is 1. The molecule has 1 N–H and O–H groups in total. The number of esters is 1. The van der Waals surface area contributed by atoms with Crippen LogP contribution in [0.15, 0.2) is 42.7 Å². The summed E-state index contributed by atoms with van der Waals surface area (Å²) in [6.07, 6.45) is 3.44. The van der Waals surface area contributed by atoms with E-state index in [0.717, 1.165) is 11.3 Å². The maximum Gasteiger partial charge on any atom is 0.333 e. The molecule has 0 bridgehead atoms. The molecule has 5 nitrogen and oxygen atoms in total. The Morgan fingerprint density at radius 1 is 1.39 bits per heavy atom. The van der Waals surface area contributed by atoms with E-state index in [2.05, 4.69) is 10.4 Å². The topological polar surface area (TPSA) is 56.1 Å². The molecule has 0 aliphatic heterocycles. The van der Waals surface area contributed by atoms with Crippen LogP contribution in [-0.2, 0) is 16.6 Å². The second kappa shape index (κ2) is 5.35. The van der Waals surface area contributed by atoms with Gasteiger partial charge in [0.15, 0.2) is 6.04 Å². The minimum atomic E-state index is -0.550. The van der Waals surface area contributed by atoms with Crippen molar-refractivity contribution in [1.82, 2.24) is 9.78 Å². The first kappa shape index (κ1) is 12.2. The van der Waals surface area contributed by atoms with Crippen LogP contribution in [0.25, 0.3) is 0 Å². The monoisotopic (exact) mass is 245 g/mol. The van der Waals surface area contributed by atoms with Crippen LogP contribution in [0.1, 0.15) is 11.6 Å². The molecule has 94 valence electrons. The molecule has 1 aromatic heterocycles. The minimum Gasteiger partial charge on any atom is -0.467 e. The molecule has 5 heteroatoms. The maximum atomic E-state index is 11.8. The summed E-state index contributed by atoms with van der Waals surface area (Å²) in [5.41, 5.74) is 1.63. The number of carbonyl (C=O) groups excluding carboxylic acids is 1. The van der Waals surface area contributed by atoms with Crippen LogP contribution in [0.3, 0.4) is 0 Å². The normalized spacial score (nSPS) is 11.9. The summed E-state index contributed by atoms with van der Waals surface area (Å²) in [6, 6.07) is 8.96. The number of ether oxygens (including phenoxy) is 1. The summed E-state index contributed by atoms with van der Waals surface area (Å²) in [5, 5.41) is 7.20. The highest BCUT2D eigenvalue weighted by molar-refractivity contribution is 5.80. The zero-order valence-electron chi connectivity index (χ0n) is 10.3. The summed E-state index contributed by atoms with van der Waals surface area (Å²) in [4.78, 5) is 11.8. The fraction of sp³-hybridized carbons (Fsp3) is 0.231. The Balaban J connectivity index is 2.24. The van der Waals surface area contributed by atoms with Gasteiger partial charge in [0.2, 0.25) is 0 Å². The summed E-state index contributed by atoms with van der Waals surface area (Å²) in [5.74, 6) is -0.341. The first-order chi connectivity index (χ1) is 8.70. The molecule has 18 heavy (non-hydrogen) atoms. The highest BCUT2D eigenvalue weighted by Gasteiger charge is 2.22. The number of aryl methyl sites for hydroxylation is 1. The van der Waals surface area contributed by atoms with E-state index in [-0.39, 0.29) is 5.97 Å². The smallest absolute Gasteiger partial charge is 0.333 e. The van der Waals surface area contributed by atoms with Crippen LogP contribution in [0, 0.1) is 0 Å². The number of nitrogens with zero attached hydrogens (tertiary/aromatic N) is 2. The van der Waals surface area contributed by atoms with E-state index < -0.39 is 6.04 Å². The maximum absolute atomic E-state index is 11.8. The molecule has 0 saturated carbocycles. The number of rotatable bonds is 4. The van der Waals surface area contributed by atoms with Gasteiger partial charge in [0.25, 0.3) is 0 Å². The third-order valence-corrected chi connectivity index (χ3v) is 2.58. The van der Waals surface area contributed by atoms with Crippen LogP contribution < -0.4 is 5.32 Å². The highest BCUT2D eigenvalue weighted by atomic mass is 16.5. The van der Waals surface area contributed by atoms with Gasteiger partial charge in [-0.15, -0.1) is 0 Å². The van der Waals surface area contributed by atoms with E-state index in [1.165, 1.54) is 7.11 Å². The lowest BCUT2D eigenvalue weighted by Crippen LogP contribution is -2.21. The van der Waals surface area contributed by atoms with E-state index in [9.17, 15) is 4.79 Å². The molecular weight excluding hydrogens is 230 g/mol.